The molecule has 7 nitrogen and oxygen atoms in total. The summed E-state index contributed by atoms with van der Waals surface area (Å²) >= 11 is 1.60. The highest BCUT2D eigenvalue weighted by atomic mass is 32.1. The average Bonchev–Trinajstić information content (AvgIpc) is 3.18. The van der Waals surface area contributed by atoms with Gasteiger partial charge in [-0.05, 0) is 42.8 Å². The van der Waals surface area contributed by atoms with Gasteiger partial charge in [-0.15, -0.1) is 11.3 Å². The average molecular weight is 457 g/mol. The van der Waals surface area contributed by atoms with Gasteiger partial charge in [-0.25, -0.2) is 9.78 Å². The molecule has 3 heterocycles. The number of hydrogen-bond donors (Lipinski definition) is 1. The van der Waals surface area contributed by atoms with Crippen molar-refractivity contribution < 1.29 is 24.1 Å². The highest BCUT2D eigenvalue weighted by molar-refractivity contribution is 7.19. The van der Waals surface area contributed by atoms with Gasteiger partial charge in [-0.2, -0.15) is 0 Å². The van der Waals surface area contributed by atoms with Gasteiger partial charge in [0.25, 0.3) is 0 Å². The van der Waals surface area contributed by atoms with E-state index in [1.54, 1.807) is 25.6 Å². The predicted molar refractivity (Wildman–Crippen MR) is 125 cm³/mol. The summed E-state index contributed by atoms with van der Waals surface area (Å²) in [4.78, 5) is 21.7. The molecule has 0 amide bonds. The Morgan fingerprint density at radius 3 is 2.62 bits per heavy atom. The number of aromatic nitrogens is 1. The van der Waals surface area contributed by atoms with Crippen LogP contribution in [-0.4, -0.2) is 54.9 Å². The lowest BCUT2D eigenvalue weighted by molar-refractivity contribution is 0.0695. The van der Waals surface area contributed by atoms with Crippen LogP contribution in [0.25, 0.3) is 21.3 Å². The molecular weight excluding hydrogens is 428 g/mol. The van der Waals surface area contributed by atoms with E-state index in [1.807, 2.05) is 18.2 Å². The van der Waals surface area contributed by atoms with Crippen LogP contribution in [0, 0.1) is 0 Å². The van der Waals surface area contributed by atoms with E-state index in [1.165, 1.54) is 0 Å². The molecule has 0 bridgehead atoms. The molecule has 0 aliphatic carbocycles. The number of hydrogen-bond acceptors (Lipinski definition) is 7. The fourth-order valence-electron chi connectivity index (χ4n) is 4.29. The maximum Gasteiger partial charge on any atom is 0.338 e. The SMILES string of the molecule is CCN(CC)Cc1nc2sc3c(c2c(-c2ccc(OC)c(OC)c2)c1C(=O)O)CCOC3. The summed E-state index contributed by atoms with van der Waals surface area (Å²) in [7, 11) is 3.17. The number of fused-ring (bicyclic) bond motifs is 3. The van der Waals surface area contributed by atoms with E-state index in [4.69, 9.17) is 19.2 Å². The van der Waals surface area contributed by atoms with E-state index in [9.17, 15) is 9.90 Å². The summed E-state index contributed by atoms with van der Waals surface area (Å²) in [5.41, 5.74) is 3.46. The number of pyridine rings is 1. The maximum absolute atomic E-state index is 12.6. The molecule has 4 rings (SSSR count). The van der Waals surface area contributed by atoms with Crippen molar-refractivity contribution in [3.8, 4) is 22.6 Å². The largest absolute Gasteiger partial charge is 0.493 e. The third-order valence-electron chi connectivity index (χ3n) is 5.98. The highest BCUT2D eigenvalue weighted by Gasteiger charge is 2.28. The van der Waals surface area contributed by atoms with Gasteiger partial charge in [0.2, 0.25) is 0 Å². The van der Waals surface area contributed by atoms with Crippen LogP contribution in [0.5, 0.6) is 11.5 Å². The number of benzene rings is 1. The first-order valence-electron chi connectivity index (χ1n) is 10.7. The molecule has 170 valence electrons. The first-order chi connectivity index (χ1) is 15.5. The molecule has 0 radical (unpaired) electrons. The van der Waals surface area contributed by atoms with Crippen LogP contribution in [-0.2, 0) is 24.3 Å². The van der Waals surface area contributed by atoms with Crippen LogP contribution < -0.4 is 9.47 Å². The second-order valence-corrected chi connectivity index (χ2v) is 8.71. The Kier molecular flexibility index (Phi) is 6.64. The standard InChI is InChI=1S/C24H28N2O5S/c1-5-26(6-2)12-16-22(24(27)28)20(14-7-8-17(29-3)18(11-14)30-4)21-15-9-10-31-13-19(15)32-23(21)25-16/h7-8,11H,5-6,9-10,12-13H2,1-4H3,(H,27,28). The molecule has 32 heavy (non-hydrogen) atoms. The van der Waals surface area contributed by atoms with Crippen molar-refractivity contribution in [3.05, 3.63) is 39.9 Å². The normalized spacial score (nSPS) is 13.4. The van der Waals surface area contributed by atoms with Crippen molar-refractivity contribution in [2.45, 2.75) is 33.4 Å². The number of ether oxygens (including phenoxy) is 3. The van der Waals surface area contributed by atoms with E-state index in [-0.39, 0.29) is 5.56 Å². The smallest absolute Gasteiger partial charge is 0.338 e. The maximum atomic E-state index is 12.6. The molecule has 0 atom stereocenters. The zero-order valence-corrected chi connectivity index (χ0v) is 19.7. The first kappa shape index (κ1) is 22.5. The number of rotatable bonds is 8. The van der Waals surface area contributed by atoms with E-state index < -0.39 is 5.97 Å². The van der Waals surface area contributed by atoms with Gasteiger partial charge in [0.15, 0.2) is 11.5 Å². The Hall–Kier alpha value is -2.68. The number of nitrogens with zero attached hydrogens (tertiary/aromatic N) is 2. The second kappa shape index (κ2) is 9.44. The Labute approximate surface area is 191 Å². The van der Waals surface area contributed by atoms with Crippen molar-refractivity contribution in [2.24, 2.45) is 0 Å². The minimum absolute atomic E-state index is 0.253. The Bertz CT molecular complexity index is 1150. The highest BCUT2D eigenvalue weighted by Crippen LogP contribution is 2.44. The van der Waals surface area contributed by atoms with Crippen LogP contribution in [0.1, 0.15) is 40.3 Å². The van der Waals surface area contributed by atoms with Crippen LogP contribution in [0.2, 0.25) is 0 Å². The molecule has 2 aromatic heterocycles. The van der Waals surface area contributed by atoms with Crippen molar-refractivity contribution in [1.29, 1.82) is 0 Å². The number of aromatic carboxylic acids is 1. The van der Waals surface area contributed by atoms with Crippen LogP contribution in [0.3, 0.4) is 0 Å². The molecule has 1 aliphatic rings. The Morgan fingerprint density at radius 1 is 1.22 bits per heavy atom. The van der Waals surface area contributed by atoms with Gasteiger partial charge < -0.3 is 19.3 Å². The van der Waals surface area contributed by atoms with Crippen molar-refractivity contribution in [3.63, 3.8) is 0 Å². The summed E-state index contributed by atoms with van der Waals surface area (Å²) in [6, 6.07) is 5.57. The predicted octanol–water partition coefficient (Wildman–Crippen LogP) is 4.59. The van der Waals surface area contributed by atoms with Crippen LogP contribution in [0.15, 0.2) is 18.2 Å². The monoisotopic (exact) mass is 456 g/mol. The number of carboxylic acid groups (broad SMARTS) is 1. The summed E-state index contributed by atoms with van der Waals surface area (Å²) in [5, 5.41) is 11.3. The van der Waals surface area contributed by atoms with Gasteiger partial charge in [0.05, 0.1) is 38.7 Å². The topological polar surface area (TPSA) is 81.1 Å². The summed E-state index contributed by atoms with van der Waals surface area (Å²) < 4.78 is 16.6. The summed E-state index contributed by atoms with van der Waals surface area (Å²) in [6.07, 6.45) is 0.742. The van der Waals surface area contributed by atoms with Gasteiger partial charge in [-0.1, -0.05) is 19.9 Å². The third kappa shape index (κ3) is 3.94. The number of thiophene rings is 1. The Balaban J connectivity index is 2.06. The molecule has 0 spiro atoms. The van der Waals surface area contributed by atoms with Crippen molar-refractivity contribution in [2.75, 3.05) is 33.9 Å². The molecule has 0 fully saturated rings. The molecule has 1 aromatic carbocycles. The van der Waals surface area contributed by atoms with Gasteiger partial charge >= 0.3 is 5.97 Å². The number of methoxy groups -OCH3 is 2. The molecular formula is C24H28N2O5S. The van der Waals surface area contributed by atoms with Crippen molar-refractivity contribution in [1.82, 2.24) is 9.88 Å². The van der Waals surface area contributed by atoms with Crippen LogP contribution in [0.4, 0.5) is 0 Å². The van der Waals surface area contributed by atoms with Gasteiger partial charge in [-0.3, -0.25) is 4.90 Å². The first-order valence-corrected chi connectivity index (χ1v) is 11.6. The third-order valence-corrected chi connectivity index (χ3v) is 7.08. The zero-order valence-electron chi connectivity index (χ0n) is 18.9. The molecule has 8 heteroatoms. The lowest BCUT2D eigenvalue weighted by Crippen LogP contribution is -2.24. The minimum atomic E-state index is -0.974. The zero-order chi connectivity index (χ0) is 22.8. The summed E-state index contributed by atoms with van der Waals surface area (Å²) in [6.45, 7) is 7.40. The molecule has 0 unspecified atom stereocenters. The van der Waals surface area contributed by atoms with Gasteiger partial charge in [0, 0.05) is 22.4 Å². The quantitative estimate of drug-likeness (QED) is 0.531. The van der Waals surface area contributed by atoms with Crippen LogP contribution >= 0.6 is 11.3 Å². The molecule has 1 aliphatic heterocycles. The Morgan fingerprint density at radius 2 is 1.97 bits per heavy atom. The second-order valence-electron chi connectivity index (χ2n) is 7.63. The molecule has 3 aromatic rings. The lowest BCUT2D eigenvalue weighted by Gasteiger charge is -2.21. The lowest BCUT2D eigenvalue weighted by atomic mass is 9.92. The van der Waals surface area contributed by atoms with E-state index in [0.29, 0.717) is 42.5 Å². The number of carboxylic acids is 1. The molecule has 1 N–H and O–H groups in total. The minimum Gasteiger partial charge on any atom is -0.493 e. The molecule has 0 saturated carbocycles. The number of carbonyl (C=O) groups is 1. The fraction of sp³-hybridized carbons (Fsp3) is 0.417. The summed E-state index contributed by atoms with van der Waals surface area (Å²) in [5.74, 6) is 0.185. The van der Waals surface area contributed by atoms with E-state index in [2.05, 4.69) is 18.7 Å². The van der Waals surface area contributed by atoms with Gasteiger partial charge in [0.1, 0.15) is 4.83 Å². The fourth-order valence-corrected chi connectivity index (χ4v) is 5.47. The molecule has 0 saturated heterocycles. The van der Waals surface area contributed by atoms with E-state index in [0.717, 1.165) is 45.7 Å². The van der Waals surface area contributed by atoms with Crippen molar-refractivity contribution >= 4 is 27.5 Å². The van der Waals surface area contributed by atoms with E-state index >= 15 is 0 Å².